The largest absolute Gasteiger partial charge is 0.477 e. The van der Waals surface area contributed by atoms with Crippen LogP contribution in [-0.2, 0) is 0 Å². The lowest BCUT2D eigenvalue weighted by Crippen LogP contribution is -2.10. The third kappa shape index (κ3) is 3.88. The Bertz CT molecular complexity index is 297. The Hall–Kier alpha value is -1.09. The van der Waals surface area contributed by atoms with E-state index in [9.17, 15) is 0 Å². The number of nitrogens with zero attached hydrogens (tertiary/aromatic N) is 1. The van der Waals surface area contributed by atoms with Crippen LogP contribution in [0.25, 0.3) is 0 Å². The second kappa shape index (κ2) is 5.71. The molecule has 0 spiro atoms. The summed E-state index contributed by atoms with van der Waals surface area (Å²) in [5, 5.41) is 0. The van der Waals surface area contributed by atoms with Crippen molar-refractivity contribution in [1.82, 2.24) is 4.98 Å². The molecule has 0 aliphatic carbocycles. The second-order valence-corrected chi connectivity index (χ2v) is 4.22. The Labute approximate surface area is 91.7 Å². The molecule has 2 N–H and O–H groups in total. The molecule has 0 unspecified atom stereocenters. The molecule has 1 aromatic rings. The predicted molar refractivity (Wildman–Crippen MR) is 61.8 cm³/mol. The molecule has 1 heterocycles. The predicted octanol–water partition coefficient (Wildman–Crippen LogP) is 2.53. The van der Waals surface area contributed by atoms with Crippen molar-refractivity contribution in [1.29, 1.82) is 0 Å². The molecule has 0 aliphatic heterocycles. The molecule has 3 nitrogen and oxygen atoms in total. The summed E-state index contributed by atoms with van der Waals surface area (Å²) in [6.45, 7) is 6.99. The molecule has 0 amide bonds. The summed E-state index contributed by atoms with van der Waals surface area (Å²) in [5.74, 6) is 1.32. The van der Waals surface area contributed by atoms with E-state index in [1.165, 1.54) is 0 Å². The quantitative estimate of drug-likeness (QED) is 0.808. The maximum atomic E-state index is 5.83. The first-order valence-corrected chi connectivity index (χ1v) is 5.44. The first-order valence-electron chi connectivity index (χ1n) is 5.44. The smallest absolute Gasteiger partial charge is 0.218 e. The van der Waals surface area contributed by atoms with Gasteiger partial charge in [-0.2, -0.15) is 0 Å². The molecule has 84 valence electrons. The lowest BCUT2D eigenvalue weighted by Gasteiger charge is -2.13. The van der Waals surface area contributed by atoms with Gasteiger partial charge in [0.15, 0.2) is 0 Å². The van der Waals surface area contributed by atoms with E-state index >= 15 is 0 Å². The Morgan fingerprint density at radius 3 is 2.73 bits per heavy atom. The van der Waals surface area contributed by atoms with Crippen molar-refractivity contribution in [2.75, 3.05) is 6.61 Å². The number of aromatic nitrogens is 1. The highest BCUT2D eigenvalue weighted by atomic mass is 16.5. The van der Waals surface area contributed by atoms with Gasteiger partial charge in [0.05, 0.1) is 6.61 Å². The van der Waals surface area contributed by atoms with E-state index in [0.717, 1.165) is 12.0 Å². The van der Waals surface area contributed by atoms with E-state index in [2.05, 4.69) is 18.8 Å². The highest BCUT2D eigenvalue weighted by molar-refractivity contribution is 5.27. The zero-order valence-corrected chi connectivity index (χ0v) is 9.73. The molecule has 15 heavy (non-hydrogen) atoms. The highest BCUT2D eigenvalue weighted by Crippen LogP contribution is 2.20. The zero-order valence-electron chi connectivity index (χ0n) is 9.73. The maximum absolute atomic E-state index is 5.83. The van der Waals surface area contributed by atoms with E-state index in [1.807, 2.05) is 19.1 Å². The zero-order chi connectivity index (χ0) is 11.3. The third-order valence-corrected chi connectivity index (χ3v) is 2.23. The molecule has 1 aromatic heterocycles. The van der Waals surface area contributed by atoms with Gasteiger partial charge in [0.1, 0.15) is 0 Å². The molecule has 0 radical (unpaired) electrons. The summed E-state index contributed by atoms with van der Waals surface area (Å²) in [5.41, 5.74) is 6.80. The van der Waals surface area contributed by atoms with Crippen LogP contribution in [0.15, 0.2) is 18.3 Å². The number of hydrogen-bond donors (Lipinski definition) is 1. The van der Waals surface area contributed by atoms with Crippen LogP contribution in [0, 0.1) is 5.92 Å². The van der Waals surface area contributed by atoms with Crippen molar-refractivity contribution < 1.29 is 4.74 Å². The van der Waals surface area contributed by atoms with Crippen LogP contribution in [0.1, 0.15) is 38.8 Å². The van der Waals surface area contributed by atoms with Crippen molar-refractivity contribution in [3.63, 3.8) is 0 Å². The van der Waals surface area contributed by atoms with Crippen LogP contribution < -0.4 is 10.5 Å². The highest BCUT2D eigenvalue weighted by Gasteiger charge is 2.08. The Morgan fingerprint density at radius 1 is 1.40 bits per heavy atom. The monoisotopic (exact) mass is 208 g/mol. The SMILES string of the molecule is CC(C)CCOc1ncccc1[C@@H](C)N. The molecule has 0 aliphatic rings. The number of pyridine rings is 1. The van der Waals surface area contributed by atoms with Gasteiger partial charge < -0.3 is 10.5 Å². The van der Waals surface area contributed by atoms with Crippen LogP contribution in [0.3, 0.4) is 0 Å². The van der Waals surface area contributed by atoms with Crippen LogP contribution in [0.5, 0.6) is 5.88 Å². The van der Waals surface area contributed by atoms with Gasteiger partial charge in [-0.1, -0.05) is 19.9 Å². The van der Waals surface area contributed by atoms with Gasteiger partial charge in [-0.3, -0.25) is 0 Å². The fourth-order valence-corrected chi connectivity index (χ4v) is 1.26. The molecule has 0 saturated heterocycles. The first kappa shape index (κ1) is 12.0. The fraction of sp³-hybridized carbons (Fsp3) is 0.583. The fourth-order valence-electron chi connectivity index (χ4n) is 1.26. The average Bonchev–Trinajstić information content (AvgIpc) is 2.17. The molecule has 0 bridgehead atoms. The van der Waals surface area contributed by atoms with E-state index in [0.29, 0.717) is 18.4 Å². The van der Waals surface area contributed by atoms with Crippen LogP contribution in [0.2, 0.25) is 0 Å². The summed E-state index contributed by atoms with van der Waals surface area (Å²) in [4.78, 5) is 4.19. The van der Waals surface area contributed by atoms with Crippen LogP contribution in [0.4, 0.5) is 0 Å². The van der Waals surface area contributed by atoms with E-state index in [-0.39, 0.29) is 6.04 Å². The summed E-state index contributed by atoms with van der Waals surface area (Å²) in [6, 6.07) is 3.81. The van der Waals surface area contributed by atoms with E-state index in [1.54, 1.807) is 6.20 Å². The minimum atomic E-state index is -0.0345. The minimum absolute atomic E-state index is 0.0345. The normalized spacial score (nSPS) is 12.9. The molecule has 0 aromatic carbocycles. The molecule has 0 saturated carbocycles. The lowest BCUT2D eigenvalue weighted by molar-refractivity contribution is 0.275. The summed E-state index contributed by atoms with van der Waals surface area (Å²) < 4.78 is 5.62. The average molecular weight is 208 g/mol. The molecular formula is C12H20N2O. The Balaban J connectivity index is 2.59. The third-order valence-electron chi connectivity index (χ3n) is 2.23. The molecular weight excluding hydrogens is 188 g/mol. The molecule has 1 rings (SSSR count). The van der Waals surface area contributed by atoms with Gasteiger partial charge in [0.2, 0.25) is 5.88 Å². The number of ether oxygens (including phenoxy) is 1. The summed E-state index contributed by atoms with van der Waals surface area (Å²) in [6.07, 6.45) is 2.77. The van der Waals surface area contributed by atoms with Gasteiger partial charge in [-0.05, 0) is 25.3 Å². The number of hydrogen-bond acceptors (Lipinski definition) is 3. The van der Waals surface area contributed by atoms with Crippen molar-refractivity contribution in [3.8, 4) is 5.88 Å². The van der Waals surface area contributed by atoms with Gasteiger partial charge >= 0.3 is 0 Å². The molecule has 3 heteroatoms. The number of nitrogens with two attached hydrogens (primary N) is 1. The minimum Gasteiger partial charge on any atom is -0.477 e. The lowest BCUT2D eigenvalue weighted by atomic mass is 10.1. The van der Waals surface area contributed by atoms with Crippen molar-refractivity contribution in [2.45, 2.75) is 33.2 Å². The Morgan fingerprint density at radius 2 is 2.13 bits per heavy atom. The number of rotatable bonds is 5. The first-order chi connectivity index (χ1) is 7.11. The van der Waals surface area contributed by atoms with Gasteiger partial charge in [0.25, 0.3) is 0 Å². The summed E-state index contributed by atoms with van der Waals surface area (Å²) in [7, 11) is 0. The van der Waals surface area contributed by atoms with Crippen molar-refractivity contribution in [2.24, 2.45) is 11.7 Å². The molecule has 0 fully saturated rings. The van der Waals surface area contributed by atoms with Gasteiger partial charge in [0, 0.05) is 17.8 Å². The van der Waals surface area contributed by atoms with E-state index < -0.39 is 0 Å². The van der Waals surface area contributed by atoms with Gasteiger partial charge in [-0.25, -0.2) is 4.98 Å². The molecule has 1 atom stereocenters. The standard InChI is InChI=1S/C12H20N2O/c1-9(2)6-8-15-12-11(10(3)13)5-4-7-14-12/h4-5,7,9-10H,6,8,13H2,1-3H3/t10-/m1/s1. The van der Waals surface area contributed by atoms with E-state index in [4.69, 9.17) is 10.5 Å². The van der Waals surface area contributed by atoms with Crippen molar-refractivity contribution >= 4 is 0 Å². The van der Waals surface area contributed by atoms with Crippen LogP contribution >= 0.6 is 0 Å². The topological polar surface area (TPSA) is 48.1 Å². The summed E-state index contributed by atoms with van der Waals surface area (Å²) >= 11 is 0. The van der Waals surface area contributed by atoms with Crippen molar-refractivity contribution in [3.05, 3.63) is 23.9 Å². The Kier molecular flexibility index (Phi) is 4.56. The maximum Gasteiger partial charge on any atom is 0.218 e. The van der Waals surface area contributed by atoms with Crippen LogP contribution in [-0.4, -0.2) is 11.6 Å². The second-order valence-electron chi connectivity index (χ2n) is 4.22. The van der Waals surface area contributed by atoms with Gasteiger partial charge in [-0.15, -0.1) is 0 Å².